The van der Waals surface area contributed by atoms with Crippen molar-refractivity contribution in [2.45, 2.75) is 70.2 Å². The largest absolute Gasteiger partial charge is 0.462 e. The van der Waals surface area contributed by atoms with Gasteiger partial charge in [-0.15, -0.1) is 0 Å². The third-order valence-corrected chi connectivity index (χ3v) is 7.27. The molecule has 3 rings (SSSR count). The van der Waals surface area contributed by atoms with Gasteiger partial charge in [0.25, 0.3) is 0 Å². The highest BCUT2D eigenvalue weighted by atomic mass is 31.2. The molecule has 2 aliphatic rings. The van der Waals surface area contributed by atoms with Gasteiger partial charge in [0.15, 0.2) is 6.23 Å². The van der Waals surface area contributed by atoms with Gasteiger partial charge in [0.1, 0.15) is 24.0 Å². The SMILES string of the molecule is CC(C)OC(=O)[C@H](C)NP(=O)(OC[C@H]1O[C@@H](N2CCC(=O)NC2=O)[C@](C)(N)[C@@H]1O)Oc1ccccc1. The zero-order valence-electron chi connectivity index (χ0n) is 20.6. The highest BCUT2D eigenvalue weighted by Crippen LogP contribution is 2.46. The van der Waals surface area contributed by atoms with Crippen molar-refractivity contribution < 1.29 is 42.6 Å². The maximum Gasteiger partial charge on any atom is 0.459 e. The fraction of sp³-hybridized carbons (Fsp3) is 0.591. The molecule has 1 unspecified atom stereocenters. The second kappa shape index (κ2) is 11.2. The van der Waals surface area contributed by atoms with Gasteiger partial charge in [-0.1, -0.05) is 18.2 Å². The van der Waals surface area contributed by atoms with Crippen LogP contribution in [0.2, 0.25) is 0 Å². The highest BCUT2D eigenvalue weighted by Gasteiger charge is 2.55. The number of imide groups is 1. The fourth-order valence-corrected chi connectivity index (χ4v) is 5.28. The van der Waals surface area contributed by atoms with Crippen LogP contribution < -0.4 is 20.7 Å². The Morgan fingerprint density at radius 3 is 2.61 bits per heavy atom. The number of nitrogens with one attached hydrogen (secondary N) is 2. The van der Waals surface area contributed by atoms with Crippen molar-refractivity contribution >= 4 is 25.7 Å². The number of benzene rings is 1. The molecule has 2 fully saturated rings. The lowest BCUT2D eigenvalue weighted by Crippen LogP contribution is -2.64. The molecule has 0 radical (unpaired) electrons. The summed E-state index contributed by atoms with van der Waals surface area (Å²) in [7, 11) is -4.21. The number of para-hydroxylation sites is 1. The minimum absolute atomic E-state index is 0.0490. The lowest BCUT2D eigenvalue weighted by molar-refractivity contribution is -0.149. The minimum Gasteiger partial charge on any atom is -0.462 e. The van der Waals surface area contributed by atoms with Crippen molar-refractivity contribution in [3.63, 3.8) is 0 Å². The number of aliphatic hydroxyl groups is 1. The van der Waals surface area contributed by atoms with E-state index in [1.807, 2.05) is 0 Å². The van der Waals surface area contributed by atoms with Crippen LogP contribution in [0.4, 0.5) is 4.79 Å². The van der Waals surface area contributed by atoms with Crippen LogP contribution in [-0.2, 0) is 28.2 Å². The van der Waals surface area contributed by atoms with Crippen LogP contribution in [-0.4, -0.2) is 77.2 Å². The Morgan fingerprint density at radius 1 is 1.33 bits per heavy atom. The zero-order chi connectivity index (χ0) is 26.7. The zero-order valence-corrected chi connectivity index (χ0v) is 21.5. The van der Waals surface area contributed by atoms with Gasteiger partial charge in [0, 0.05) is 13.0 Å². The van der Waals surface area contributed by atoms with Crippen LogP contribution in [0.25, 0.3) is 0 Å². The fourth-order valence-electron chi connectivity index (χ4n) is 3.78. The molecule has 36 heavy (non-hydrogen) atoms. The Balaban J connectivity index is 1.74. The second-order valence-electron chi connectivity index (χ2n) is 9.17. The van der Waals surface area contributed by atoms with E-state index in [1.165, 1.54) is 18.7 Å². The molecule has 0 saturated carbocycles. The first-order valence-electron chi connectivity index (χ1n) is 11.5. The number of hydrogen-bond acceptors (Lipinski definition) is 10. The summed E-state index contributed by atoms with van der Waals surface area (Å²) >= 11 is 0. The number of nitrogens with zero attached hydrogens (tertiary/aromatic N) is 1. The third kappa shape index (κ3) is 6.61. The van der Waals surface area contributed by atoms with Crippen LogP contribution in [0, 0.1) is 0 Å². The molecule has 5 N–H and O–H groups in total. The summed E-state index contributed by atoms with van der Waals surface area (Å²) < 4.78 is 35.8. The van der Waals surface area contributed by atoms with Crippen LogP contribution in [0.3, 0.4) is 0 Å². The van der Waals surface area contributed by atoms with Crippen molar-refractivity contribution in [2.24, 2.45) is 5.73 Å². The van der Waals surface area contributed by atoms with E-state index in [0.29, 0.717) is 0 Å². The number of carbonyl (C=O) groups excluding carboxylic acids is 3. The quantitative estimate of drug-likeness (QED) is 0.250. The molecule has 6 atom stereocenters. The molecule has 13 nitrogen and oxygen atoms in total. The Morgan fingerprint density at radius 2 is 2.00 bits per heavy atom. The Hall–Kier alpha value is -2.54. The smallest absolute Gasteiger partial charge is 0.459 e. The second-order valence-corrected chi connectivity index (χ2v) is 10.9. The number of aliphatic hydroxyl groups excluding tert-OH is 1. The van der Waals surface area contributed by atoms with Gasteiger partial charge in [0.2, 0.25) is 5.91 Å². The first-order valence-corrected chi connectivity index (χ1v) is 13.1. The lowest BCUT2D eigenvalue weighted by Gasteiger charge is -2.38. The third-order valence-electron chi connectivity index (χ3n) is 5.63. The topological polar surface area (TPSA) is 179 Å². The Labute approximate surface area is 209 Å². The molecular formula is C22H33N4O9P. The first kappa shape index (κ1) is 28.0. The van der Waals surface area contributed by atoms with E-state index in [9.17, 15) is 24.1 Å². The van der Waals surface area contributed by atoms with E-state index in [4.69, 9.17) is 24.3 Å². The maximum atomic E-state index is 13.6. The number of esters is 1. The molecule has 0 aromatic heterocycles. The summed E-state index contributed by atoms with van der Waals surface area (Å²) in [6.07, 6.45) is -3.87. The van der Waals surface area contributed by atoms with Gasteiger partial charge < -0.3 is 24.8 Å². The summed E-state index contributed by atoms with van der Waals surface area (Å²) in [5.74, 6) is -0.881. The van der Waals surface area contributed by atoms with E-state index in [1.54, 1.807) is 44.2 Å². The summed E-state index contributed by atoms with van der Waals surface area (Å²) in [5.41, 5.74) is 4.87. The molecule has 1 aromatic carbocycles. The van der Waals surface area contributed by atoms with Crippen LogP contribution in [0.1, 0.15) is 34.1 Å². The van der Waals surface area contributed by atoms with Crippen molar-refractivity contribution in [1.82, 2.24) is 15.3 Å². The summed E-state index contributed by atoms with van der Waals surface area (Å²) in [4.78, 5) is 37.3. The molecular weight excluding hydrogens is 495 g/mol. The first-order chi connectivity index (χ1) is 16.8. The number of hydrogen-bond donors (Lipinski definition) is 4. The molecule has 200 valence electrons. The van der Waals surface area contributed by atoms with Crippen molar-refractivity contribution in [1.29, 1.82) is 0 Å². The maximum absolute atomic E-state index is 13.6. The number of ether oxygens (including phenoxy) is 2. The van der Waals surface area contributed by atoms with Gasteiger partial charge >= 0.3 is 19.7 Å². The van der Waals surface area contributed by atoms with Gasteiger partial charge in [-0.05, 0) is 39.8 Å². The van der Waals surface area contributed by atoms with Crippen LogP contribution in [0.5, 0.6) is 5.75 Å². The molecule has 0 aliphatic carbocycles. The van der Waals surface area contributed by atoms with Gasteiger partial charge in [-0.25, -0.2) is 9.36 Å². The van der Waals surface area contributed by atoms with Gasteiger partial charge in [-0.2, -0.15) is 5.09 Å². The van der Waals surface area contributed by atoms with Gasteiger partial charge in [-0.3, -0.25) is 24.3 Å². The molecule has 0 bridgehead atoms. The predicted molar refractivity (Wildman–Crippen MR) is 127 cm³/mol. The summed E-state index contributed by atoms with van der Waals surface area (Å²) in [6.45, 7) is 5.89. The number of urea groups is 1. The van der Waals surface area contributed by atoms with Crippen LogP contribution in [0.15, 0.2) is 30.3 Å². The minimum atomic E-state index is -4.21. The monoisotopic (exact) mass is 528 g/mol. The van der Waals surface area contributed by atoms with Crippen molar-refractivity contribution in [2.75, 3.05) is 13.2 Å². The van der Waals surface area contributed by atoms with E-state index in [2.05, 4.69) is 10.4 Å². The van der Waals surface area contributed by atoms with Crippen molar-refractivity contribution in [3.8, 4) is 5.75 Å². The number of nitrogens with two attached hydrogens (primary N) is 1. The average molecular weight is 528 g/mol. The van der Waals surface area contributed by atoms with Crippen molar-refractivity contribution in [3.05, 3.63) is 30.3 Å². The highest BCUT2D eigenvalue weighted by molar-refractivity contribution is 7.52. The standard InChI is InChI=1S/C22H33N4O9P/c1-13(2)33-19(29)14(3)25-36(31,35-15-8-6-5-7-9-15)32-12-16-18(28)22(4,23)20(34-16)26-11-10-17(27)24-21(26)30/h5-9,13-14,16,18,20,28H,10-12,23H2,1-4H3,(H,25,31)(H,24,27,30)/t14-,16+,18+,20+,22+,36?/m0/s1. The molecule has 0 spiro atoms. The molecule has 2 heterocycles. The lowest BCUT2D eigenvalue weighted by atomic mass is 9.93. The normalized spacial score (nSPS) is 29.0. The van der Waals surface area contributed by atoms with E-state index in [0.717, 1.165) is 0 Å². The van der Waals surface area contributed by atoms with E-state index >= 15 is 0 Å². The van der Waals surface area contributed by atoms with Gasteiger partial charge in [0.05, 0.1) is 18.2 Å². The predicted octanol–water partition coefficient (Wildman–Crippen LogP) is 0.865. The number of amides is 3. The summed E-state index contributed by atoms with van der Waals surface area (Å²) in [5, 5.41) is 15.6. The number of rotatable bonds is 10. The summed E-state index contributed by atoms with van der Waals surface area (Å²) in [6, 6.07) is 6.43. The molecule has 14 heteroatoms. The molecule has 3 amide bonds. The van der Waals surface area contributed by atoms with E-state index < -0.39 is 62.3 Å². The molecule has 2 aliphatic heterocycles. The molecule has 1 aromatic rings. The Bertz CT molecular complexity index is 1010. The van der Waals surface area contributed by atoms with Crippen LogP contribution >= 0.6 is 7.75 Å². The average Bonchev–Trinajstić information content (AvgIpc) is 3.01. The molecule has 2 saturated heterocycles. The van der Waals surface area contributed by atoms with E-state index in [-0.39, 0.29) is 24.8 Å². The Kier molecular flexibility index (Phi) is 8.75. The number of carbonyl (C=O) groups is 3.